The van der Waals surface area contributed by atoms with Crippen molar-refractivity contribution in [2.24, 2.45) is 0 Å². The van der Waals surface area contributed by atoms with Gasteiger partial charge in [0.05, 0.1) is 4.90 Å². The number of amides is 1. The summed E-state index contributed by atoms with van der Waals surface area (Å²) in [6.07, 6.45) is 0. The van der Waals surface area contributed by atoms with E-state index in [-0.39, 0.29) is 4.90 Å². The van der Waals surface area contributed by atoms with Crippen LogP contribution in [0.15, 0.2) is 35.2 Å². The molecule has 104 valence electrons. The minimum absolute atomic E-state index is 0.123. The summed E-state index contributed by atoms with van der Waals surface area (Å²) in [5.41, 5.74) is 0. The molecule has 0 aliphatic carbocycles. The Kier molecular flexibility index (Phi) is 10.2. The standard InChI is InChI=1S/C9H11NO3S.2C2H6/c1-8(11)10(2)14(12,13)9-6-4-3-5-7-9;2*1-2/h3-7H,1-2H3;2*1-2H3. The highest BCUT2D eigenvalue weighted by atomic mass is 32.2. The van der Waals surface area contributed by atoms with E-state index in [0.29, 0.717) is 0 Å². The lowest BCUT2D eigenvalue weighted by atomic mass is 10.4. The third-order valence-electron chi connectivity index (χ3n) is 1.85. The van der Waals surface area contributed by atoms with Crippen molar-refractivity contribution in [3.8, 4) is 0 Å². The molecule has 0 unspecified atom stereocenters. The molecule has 0 bridgehead atoms. The van der Waals surface area contributed by atoms with Crippen LogP contribution < -0.4 is 0 Å². The quantitative estimate of drug-likeness (QED) is 0.832. The van der Waals surface area contributed by atoms with Crippen LogP contribution in [0.5, 0.6) is 0 Å². The topological polar surface area (TPSA) is 54.5 Å². The number of carbonyl (C=O) groups excluding carboxylic acids is 1. The van der Waals surface area contributed by atoms with Crippen LogP contribution in [0.25, 0.3) is 0 Å². The Labute approximate surface area is 111 Å². The molecule has 0 N–H and O–H groups in total. The summed E-state index contributed by atoms with van der Waals surface area (Å²) in [4.78, 5) is 11.0. The Balaban J connectivity index is 0. The summed E-state index contributed by atoms with van der Waals surface area (Å²) in [7, 11) is -2.41. The first-order chi connectivity index (χ1) is 8.46. The van der Waals surface area contributed by atoms with Crippen LogP contribution in [-0.4, -0.2) is 25.7 Å². The van der Waals surface area contributed by atoms with Crippen LogP contribution >= 0.6 is 0 Å². The van der Waals surface area contributed by atoms with Crippen LogP contribution in [0.3, 0.4) is 0 Å². The fraction of sp³-hybridized carbons (Fsp3) is 0.462. The molecule has 0 saturated heterocycles. The molecule has 18 heavy (non-hydrogen) atoms. The van der Waals surface area contributed by atoms with Gasteiger partial charge in [-0.05, 0) is 12.1 Å². The van der Waals surface area contributed by atoms with E-state index in [2.05, 4.69) is 0 Å². The van der Waals surface area contributed by atoms with Crippen LogP contribution in [-0.2, 0) is 14.8 Å². The second-order valence-electron chi connectivity index (χ2n) is 2.80. The molecular weight excluding hydrogens is 250 g/mol. The van der Waals surface area contributed by atoms with Crippen LogP contribution in [0, 0.1) is 0 Å². The maximum atomic E-state index is 11.7. The molecule has 4 nitrogen and oxygen atoms in total. The van der Waals surface area contributed by atoms with Gasteiger partial charge in [0, 0.05) is 14.0 Å². The lowest BCUT2D eigenvalue weighted by Gasteiger charge is -2.14. The molecule has 1 rings (SSSR count). The highest BCUT2D eigenvalue weighted by molar-refractivity contribution is 7.89. The second kappa shape index (κ2) is 9.65. The number of benzene rings is 1. The van der Waals surface area contributed by atoms with Gasteiger partial charge < -0.3 is 0 Å². The van der Waals surface area contributed by atoms with Crippen molar-refractivity contribution in [2.45, 2.75) is 39.5 Å². The molecule has 0 spiro atoms. The number of rotatable bonds is 2. The van der Waals surface area contributed by atoms with E-state index in [1.54, 1.807) is 18.2 Å². The maximum Gasteiger partial charge on any atom is 0.266 e. The first-order valence-corrected chi connectivity index (χ1v) is 7.45. The number of hydrogen-bond acceptors (Lipinski definition) is 3. The molecule has 0 atom stereocenters. The van der Waals surface area contributed by atoms with Crippen molar-refractivity contribution in [3.63, 3.8) is 0 Å². The van der Waals surface area contributed by atoms with Crippen molar-refractivity contribution >= 4 is 15.9 Å². The number of carbonyl (C=O) groups is 1. The fourth-order valence-electron chi connectivity index (χ4n) is 0.920. The Morgan fingerprint density at radius 1 is 1.00 bits per heavy atom. The summed E-state index contributed by atoms with van der Waals surface area (Å²) in [5.74, 6) is -0.506. The van der Waals surface area contributed by atoms with Crippen molar-refractivity contribution in [3.05, 3.63) is 30.3 Å². The number of sulfonamides is 1. The Hall–Kier alpha value is -1.36. The average Bonchev–Trinajstić information content (AvgIpc) is 2.43. The molecule has 1 amide bonds. The Bertz CT molecular complexity index is 427. The largest absolute Gasteiger partial charge is 0.274 e. The zero-order valence-corrected chi connectivity index (χ0v) is 12.8. The molecule has 0 aliphatic rings. The van der Waals surface area contributed by atoms with Gasteiger partial charge in [0.1, 0.15) is 0 Å². The SMILES string of the molecule is CC.CC.CC(=O)N(C)S(=O)(=O)c1ccccc1. The van der Waals surface area contributed by atoms with Crippen molar-refractivity contribution in [2.75, 3.05) is 7.05 Å². The first kappa shape index (κ1) is 19.0. The summed E-state index contributed by atoms with van der Waals surface area (Å²) in [5, 5.41) is 0. The molecule has 1 aromatic rings. The van der Waals surface area contributed by atoms with E-state index < -0.39 is 15.9 Å². The highest BCUT2D eigenvalue weighted by Gasteiger charge is 2.21. The number of hydrogen-bond donors (Lipinski definition) is 0. The molecule has 0 heterocycles. The van der Waals surface area contributed by atoms with E-state index in [4.69, 9.17) is 0 Å². The molecule has 0 saturated carbocycles. The van der Waals surface area contributed by atoms with Crippen molar-refractivity contribution < 1.29 is 13.2 Å². The van der Waals surface area contributed by atoms with Crippen LogP contribution in [0.1, 0.15) is 34.6 Å². The zero-order valence-electron chi connectivity index (χ0n) is 12.0. The van der Waals surface area contributed by atoms with E-state index in [1.165, 1.54) is 26.1 Å². The minimum Gasteiger partial charge on any atom is -0.274 e. The Morgan fingerprint density at radius 3 is 1.72 bits per heavy atom. The lowest BCUT2D eigenvalue weighted by molar-refractivity contribution is -0.123. The molecule has 0 radical (unpaired) electrons. The lowest BCUT2D eigenvalue weighted by Crippen LogP contribution is -2.31. The summed E-state index contributed by atoms with van der Waals surface area (Å²) in [6.45, 7) is 9.21. The molecule has 0 aliphatic heterocycles. The highest BCUT2D eigenvalue weighted by Crippen LogP contribution is 2.12. The van der Waals surface area contributed by atoms with Gasteiger partial charge in [-0.25, -0.2) is 12.7 Å². The van der Waals surface area contributed by atoms with Gasteiger partial charge in [-0.1, -0.05) is 45.9 Å². The van der Waals surface area contributed by atoms with Gasteiger partial charge in [-0.3, -0.25) is 4.79 Å². The van der Waals surface area contributed by atoms with Gasteiger partial charge in [-0.15, -0.1) is 0 Å². The van der Waals surface area contributed by atoms with E-state index in [1.807, 2.05) is 27.7 Å². The minimum atomic E-state index is -3.65. The molecule has 1 aromatic carbocycles. The maximum absolute atomic E-state index is 11.7. The molecule has 0 aromatic heterocycles. The van der Waals surface area contributed by atoms with Gasteiger partial charge in [0.15, 0.2) is 0 Å². The monoisotopic (exact) mass is 273 g/mol. The zero-order chi connectivity index (χ0) is 14.8. The smallest absolute Gasteiger partial charge is 0.266 e. The van der Waals surface area contributed by atoms with E-state index in [9.17, 15) is 13.2 Å². The molecule has 5 heteroatoms. The van der Waals surface area contributed by atoms with Gasteiger partial charge >= 0.3 is 0 Å². The molecular formula is C13H23NO3S. The summed E-state index contributed by atoms with van der Waals surface area (Å²) >= 11 is 0. The van der Waals surface area contributed by atoms with Gasteiger partial charge in [0.2, 0.25) is 5.91 Å². The number of nitrogens with zero attached hydrogens (tertiary/aromatic N) is 1. The van der Waals surface area contributed by atoms with Crippen molar-refractivity contribution in [1.29, 1.82) is 0 Å². The van der Waals surface area contributed by atoms with E-state index in [0.717, 1.165) is 4.31 Å². The normalized spacial score (nSPS) is 9.22. The van der Waals surface area contributed by atoms with Crippen LogP contribution in [0.2, 0.25) is 0 Å². The van der Waals surface area contributed by atoms with Gasteiger partial charge in [-0.2, -0.15) is 0 Å². The summed E-state index contributed by atoms with van der Waals surface area (Å²) < 4.78 is 24.1. The summed E-state index contributed by atoms with van der Waals surface area (Å²) in [6, 6.07) is 7.85. The Morgan fingerprint density at radius 2 is 1.39 bits per heavy atom. The van der Waals surface area contributed by atoms with Gasteiger partial charge in [0.25, 0.3) is 10.0 Å². The predicted octanol–water partition coefficient (Wildman–Crippen LogP) is 2.91. The first-order valence-electron chi connectivity index (χ1n) is 6.01. The second-order valence-corrected chi connectivity index (χ2v) is 4.77. The third kappa shape index (κ3) is 5.31. The van der Waals surface area contributed by atoms with Crippen molar-refractivity contribution in [1.82, 2.24) is 4.31 Å². The van der Waals surface area contributed by atoms with Crippen LogP contribution in [0.4, 0.5) is 0 Å². The third-order valence-corrected chi connectivity index (χ3v) is 3.69. The van der Waals surface area contributed by atoms with E-state index >= 15 is 0 Å². The fourth-order valence-corrected chi connectivity index (χ4v) is 2.08. The molecule has 0 fully saturated rings. The predicted molar refractivity (Wildman–Crippen MR) is 74.8 cm³/mol. The average molecular weight is 273 g/mol.